The van der Waals surface area contributed by atoms with Crippen LogP contribution in [-0.2, 0) is 0 Å². The molecule has 0 amide bonds. The van der Waals surface area contributed by atoms with Crippen LogP contribution in [0.1, 0.15) is 44.7 Å². The Hall–Kier alpha value is -1.77. The van der Waals surface area contributed by atoms with Gasteiger partial charge in [-0.15, -0.1) is 11.3 Å². The molecule has 8 heteroatoms. The van der Waals surface area contributed by atoms with E-state index in [1.165, 1.54) is 43.6 Å². The van der Waals surface area contributed by atoms with Gasteiger partial charge in [-0.05, 0) is 55.4 Å². The van der Waals surface area contributed by atoms with E-state index >= 15 is 0 Å². The lowest BCUT2D eigenvalue weighted by Crippen LogP contribution is -2.23. The second-order valence-corrected chi connectivity index (χ2v) is 8.10. The van der Waals surface area contributed by atoms with Crippen molar-refractivity contribution in [2.45, 2.75) is 52.0 Å². The highest BCUT2D eigenvalue weighted by Crippen LogP contribution is 2.31. The lowest BCUT2D eigenvalue weighted by molar-refractivity contribution is 0.462. The first-order valence-corrected chi connectivity index (χ1v) is 10.8. The Morgan fingerprint density at radius 2 is 2.00 bits per heavy atom. The molecule has 0 bridgehead atoms. The molecule has 0 aromatic carbocycles. The predicted octanol–water partition coefficient (Wildman–Crippen LogP) is 4.91. The molecule has 3 aromatic heterocycles. The van der Waals surface area contributed by atoms with Gasteiger partial charge in [-0.3, -0.25) is 0 Å². The van der Waals surface area contributed by atoms with Crippen LogP contribution >= 0.6 is 22.9 Å². The summed E-state index contributed by atoms with van der Waals surface area (Å²) in [5, 5.41) is 9.98. The maximum Gasteiger partial charge on any atom is 0.230 e. The van der Waals surface area contributed by atoms with Crippen LogP contribution in [0.5, 0.6) is 0 Å². The third-order valence-electron chi connectivity index (χ3n) is 4.11. The summed E-state index contributed by atoms with van der Waals surface area (Å²) < 4.78 is 5.43. The summed E-state index contributed by atoms with van der Waals surface area (Å²) in [6, 6.07) is 4.60. The number of nitrogens with zero attached hydrogens (tertiary/aromatic N) is 3. The summed E-state index contributed by atoms with van der Waals surface area (Å²) >= 11 is 3.13. The quantitative estimate of drug-likeness (QED) is 0.586. The summed E-state index contributed by atoms with van der Waals surface area (Å²) in [4.78, 5) is 9.35. The van der Waals surface area contributed by atoms with Crippen molar-refractivity contribution in [1.82, 2.24) is 14.3 Å². The molecule has 1 fully saturated rings. The number of aromatic nitrogens is 3. The van der Waals surface area contributed by atoms with Crippen molar-refractivity contribution < 1.29 is 0 Å². The third kappa shape index (κ3) is 4.90. The molecule has 0 unspecified atom stereocenters. The van der Waals surface area contributed by atoms with Crippen molar-refractivity contribution in [3.63, 3.8) is 0 Å². The number of rotatable bonds is 4. The van der Waals surface area contributed by atoms with Gasteiger partial charge in [0.05, 0.1) is 15.9 Å². The molecule has 140 valence electrons. The molecule has 1 aliphatic rings. The second kappa shape index (κ2) is 9.25. The monoisotopic (exact) mass is 390 g/mol. The minimum Gasteiger partial charge on any atom is -0.366 e. The van der Waals surface area contributed by atoms with E-state index in [1.54, 1.807) is 11.3 Å². The van der Waals surface area contributed by atoms with E-state index in [1.807, 2.05) is 19.9 Å². The molecule has 4 rings (SSSR count). The molecule has 1 saturated carbocycles. The van der Waals surface area contributed by atoms with E-state index in [-0.39, 0.29) is 0 Å². The maximum absolute atomic E-state index is 4.85. The number of hydrogen-bond donors (Lipinski definition) is 3. The Morgan fingerprint density at radius 1 is 1.23 bits per heavy atom. The van der Waals surface area contributed by atoms with Gasteiger partial charge in [-0.2, -0.15) is 9.36 Å². The van der Waals surface area contributed by atoms with Crippen LogP contribution in [0.25, 0.3) is 10.2 Å². The topological polar surface area (TPSA) is 88.8 Å². The largest absolute Gasteiger partial charge is 0.366 e. The number of nitrogens with one attached hydrogen (secondary N) is 2. The Kier molecular flexibility index (Phi) is 6.76. The first kappa shape index (κ1) is 19.0. The van der Waals surface area contributed by atoms with Gasteiger partial charge in [-0.1, -0.05) is 26.2 Å². The smallest absolute Gasteiger partial charge is 0.230 e. The van der Waals surface area contributed by atoms with E-state index < -0.39 is 0 Å². The Labute approximate surface area is 162 Å². The van der Waals surface area contributed by atoms with E-state index in [0.29, 0.717) is 12.0 Å². The zero-order valence-corrected chi connectivity index (χ0v) is 16.9. The van der Waals surface area contributed by atoms with Crippen molar-refractivity contribution in [3.05, 3.63) is 23.2 Å². The number of nitrogens with two attached hydrogens (primary N) is 1. The SMILES string of the molecule is CCN.Cc1cc(Nc2nc(NC3CCCCC3)c3sccc3n2)sn1. The Bertz CT molecular complexity index is 822. The zero-order valence-electron chi connectivity index (χ0n) is 15.3. The fraction of sp³-hybridized carbons (Fsp3) is 0.500. The minimum atomic E-state index is 0.530. The molecule has 26 heavy (non-hydrogen) atoms. The van der Waals surface area contributed by atoms with Gasteiger partial charge in [0.1, 0.15) is 10.8 Å². The van der Waals surface area contributed by atoms with Crippen LogP contribution in [0.3, 0.4) is 0 Å². The first-order chi connectivity index (χ1) is 12.7. The van der Waals surface area contributed by atoms with Gasteiger partial charge in [0.25, 0.3) is 0 Å². The van der Waals surface area contributed by atoms with Crippen LogP contribution in [0.2, 0.25) is 0 Å². The fourth-order valence-corrected chi connectivity index (χ4v) is 4.43. The van der Waals surface area contributed by atoms with Crippen molar-refractivity contribution in [3.8, 4) is 0 Å². The molecule has 1 aliphatic carbocycles. The molecule has 3 heterocycles. The number of thiophene rings is 1. The molecular formula is C18H26N6S2. The van der Waals surface area contributed by atoms with Gasteiger partial charge in [-0.25, -0.2) is 4.98 Å². The number of fused-ring (bicyclic) bond motifs is 1. The molecule has 0 radical (unpaired) electrons. The Morgan fingerprint density at radius 3 is 2.69 bits per heavy atom. The van der Waals surface area contributed by atoms with Gasteiger partial charge in [0.15, 0.2) is 0 Å². The highest BCUT2D eigenvalue weighted by Gasteiger charge is 2.17. The molecule has 0 saturated heterocycles. The van der Waals surface area contributed by atoms with E-state index in [0.717, 1.165) is 33.3 Å². The summed E-state index contributed by atoms with van der Waals surface area (Å²) in [7, 11) is 0. The lowest BCUT2D eigenvalue weighted by atomic mass is 9.95. The van der Waals surface area contributed by atoms with E-state index in [4.69, 9.17) is 10.7 Å². The summed E-state index contributed by atoms with van der Waals surface area (Å²) in [5.74, 6) is 1.60. The van der Waals surface area contributed by atoms with Crippen LogP contribution in [0.15, 0.2) is 17.5 Å². The summed E-state index contributed by atoms with van der Waals surface area (Å²) in [6.45, 7) is 4.64. The average molecular weight is 391 g/mol. The minimum absolute atomic E-state index is 0.530. The van der Waals surface area contributed by atoms with Crippen LogP contribution in [0.4, 0.5) is 16.8 Å². The first-order valence-electron chi connectivity index (χ1n) is 9.11. The van der Waals surface area contributed by atoms with E-state index in [9.17, 15) is 0 Å². The third-order valence-corrected chi connectivity index (χ3v) is 5.82. The van der Waals surface area contributed by atoms with Gasteiger partial charge >= 0.3 is 0 Å². The average Bonchev–Trinajstić information content (AvgIpc) is 3.25. The molecule has 0 atom stereocenters. The lowest BCUT2D eigenvalue weighted by Gasteiger charge is -2.23. The standard InChI is InChI=1S/C16H19N5S2.C2H7N/c1-10-9-13(23-21-10)19-16-18-12-7-8-22-14(12)15(20-16)17-11-5-3-2-4-6-11;1-2-3/h7-9,11H,2-6H2,1H3,(H2,17,18,19,20);2-3H2,1H3. The summed E-state index contributed by atoms with van der Waals surface area (Å²) in [5.41, 5.74) is 6.85. The van der Waals surface area contributed by atoms with Gasteiger partial charge < -0.3 is 16.4 Å². The van der Waals surface area contributed by atoms with Crippen LogP contribution < -0.4 is 16.4 Å². The van der Waals surface area contributed by atoms with Crippen molar-refractivity contribution in [2.24, 2.45) is 5.73 Å². The maximum atomic E-state index is 4.85. The van der Waals surface area contributed by atoms with Crippen LogP contribution in [0, 0.1) is 6.92 Å². The van der Waals surface area contributed by atoms with Crippen LogP contribution in [-0.4, -0.2) is 26.9 Å². The van der Waals surface area contributed by atoms with E-state index in [2.05, 4.69) is 31.4 Å². The molecule has 0 aliphatic heterocycles. The molecule has 6 nitrogen and oxygen atoms in total. The molecule has 3 aromatic rings. The normalized spacial score (nSPS) is 14.7. The number of aryl methyl sites for hydroxylation is 1. The fourth-order valence-electron chi connectivity index (χ4n) is 2.99. The zero-order chi connectivity index (χ0) is 18.4. The van der Waals surface area contributed by atoms with Crippen molar-refractivity contribution in [2.75, 3.05) is 17.2 Å². The highest BCUT2D eigenvalue weighted by molar-refractivity contribution is 7.17. The molecule has 0 spiro atoms. The number of anilines is 3. The summed E-state index contributed by atoms with van der Waals surface area (Å²) in [6.07, 6.45) is 6.43. The highest BCUT2D eigenvalue weighted by atomic mass is 32.1. The van der Waals surface area contributed by atoms with Gasteiger partial charge in [0.2, 0.25) is 5.95 Å². The second-order valence-electron chi connectivity index (χ2n) is 6.38. The predicted molar refractivity (Wildman–Crippen MR) is 113 cm³/mol. The Balaban J connectivity index is 0.000000613. The van der Waals surface area contributed by atoms with Crippen molar-refractivity contribution in [1.29, 1.82) is 0 Å². The van der Waals surface area contributed by atoms with Gasteiger partial charge in [0, 0.05) is 6.04 Å². The molecule has 4 N–H and O–H groups in total. The van der Waals surface area contributed by atoms with Crippen molar-refractivity contribution >= 4 is 49.9 Å². The molecular weight excluding hydrogens is 364 g/mol. The number of hydrogen-bond acceptors (Lipinski definition) is 8.